The lowest BCUT2D eigenvalue weighted by Crippen LogP contribution is -2.30. The predicted molar refractivity (Wildman–Crippen MR) is 91.2 cm³/mol. The summed E-state index contributed by atoms with van der Waals surface area (Å²) in [7, 11) is 0. The van der Waals surface area contributed by atoms with Gasteiger partial charge in [-0.2, -0.15) is 4.68 Å². The molecule has 0 fully saturated rings. The van der Waals surface area contributed by atoms with Gasteiger partial charge >= 0.3 is 5.82 Å². The van der Waals surface area contributed by atoms with Gasteiger partial charge in [0.2, 0.25) is 5.91 Å². The van der Waals surface area contributed by atoms with Crippen LogP contribution in [0.1, 0.15) is 18.5 Å². The molecule has 0 aliphatic rings. The molecule has 0 radical (unpaired) electrons. The van der Waals surface area contributed by atoms with Gasteiger partial charge in [-0.15, -0.1) is 0 Å². The first kappa shape index (κ1) is 16.4. The maximum atomic E-state index is 12.1. The number of nitrogens with one attached hydrogen (secondary N) is 1. The van der Waals surface area contributed by atoms with Crippen LogP contribution in [0.15, 0.2) is 61.1 Å². The number of benzene rings is 1. The van der Waals surface area contributed by atoms with Gasteiger partial charge in [-0.25, -0.2) is 0 Å². The normalized spacial score (nSPS) is 11.9. The van der Waals surface area contributed by atoms with Gasteiger partial charge in [-0.3, -0.25) is 4.79 Å². The molecule has 3 aromatic rings. The van der Waals surface area contributed by atoms with Crippen LogP contribution >= 0.6 is 0 Å². The monoisotopic (exact) mass is 339 g/mol. The lowest BCUT2D eigenvalue weighted by molar-refractivity contribution is -0.389. The van der Waals surface area contributed by atoms with E-state index in [0.29, 0.717) is 0 Å². The molecule has 1 aromatic carbocycles. The Bertz CT molecular complexity index is 885. The van der Waals surface area contributed by atoms with Gasteiger partial charge in [-0.1, -0.05) is 12.1 Å². The Balaban J connectivity index is 1.65. The molecule has 0 bridgehead atoms. The van der Waals surface area contributed by atoms with Gasteiger partial charge in [0.05, 0.1) is 23.4 Å². The summed E-state index contributed by atoms with van der Waals surface area (Å²) < 4.78 is 3.23. The minimum Gasteiger partial charge on any atom is -0.358 e. The summed E-state index contributed by atoms with van der Waals surface area (Å²) in [6.07, 6.45) is 5.31. The fourth-order valence-electron chi connectivity index (χ4n) is 2.52. The van der Waals surface area contributed by atoms with Crippen LogP contribution < -0.4 is 5.32 Å². The molecule has 1 amide bonds. The third-order valence-electron chi connectivity index (χ3n) is 3.77. The van der Waals surface area contributed by atoms with Gasteiger partial charge in [0.25, 0.3) is 0 Å². The SMILES string of the molecule is CC(NC(=O)Cn1ccc([N+](=O)[O-])n1)c1cccc(-n2cccc2)c1. The first-order valence-corrected chi connectivity index (χ1v) is 7.73. The highest BCUT2D eigenvalue weighted by Gasteiger charge is 2.15. The summed E-state index contributed by atoms with van der Waals surface area (Å²) >= 11 is 0. The molecule has 0 spiro atoms. The molecule has 0 aliphatic carbocycles. The van der Waals surface area contributed by atoms with E-state index >= 15 is 0 Å². The van der Waals surface area contributed by atoms with Gasteiger partial charge in [0.1, 0.15) is 6.54 Å². The molecule has 8 nitrogen and oxygen atoms in total. The van der Waals surface area contributed by atoms with E-state index in [1.807, 2.05) is 60.3 Å². The lowest BCUT2D eigenvalue weighted by Gasteiger charge is -2.15. The summed E-state index contributed by atoms with van der Waals surface area (Å²) in [6, 6.07) is 12.8. The lowest BCUT2D eigenvalue weighted by atomic mass is 10.1. The van der Waals surface area contributed by atoms with Crippen LogP contribution in [0.2, 0.25) is 0 Å². The van der Waals surface area contributed by atoms with Crippen molar-refractivity contribution in [2.75, 3.05) is 0 Å². The highest BCUT2D eigenvalue weighted by atomic mass is 16.6. The summed E-state index contributed by atoms with van der Waals surface area (Å²) in [5, 5.41) is 17.2. The molecule has 1 atom stereocenters. The second-order valence-electron chi connectivity index (χ2n) is 5.60. The Hall–Kier alpha value is -3.42. The standard InChI is InChI=1S/C17H17N5O3/c1-13(14-5-4-6-15(11-14)20-8-2-3-9-20)18-17(23)12-21-10-7-16(19-21)22(24)25/h2-11,13H,12H2,1H3,(H,18,23). The van der Waals surface area contributed by atoms with Gasteiger partial charge in [0, 0.05) is 18.1 Å². The van der Waals surface area contributed by atoms with Gasteiger partial charge < -0.3 is 20.0 Å². The quantitative estimate of drug-likeness (QED) is 0.551. The molecule has 0 saturated carbocycles. The number of rotatable bonds is 6. The molecule has 2 heterocycles. The Morgan fingerprint density at radius 2 is 2.00 bits per heavy atom. The van der Waals surface area contributed by atoms with E-state index < -0.39 is 4.92 Å². The van der Waals surface area contributed by atoms with Crippen molar-refractivity contribution in [3.8, 4) is 5.69 Å². The van der Waals surface area contributed by atoms with Crippen molar-refractivity contribution in [3.63, 3.8) is 0 Å². The first-order chi connectivity index (χ1) is 12.0. The molecule has 128 valence electrons. The fraction of sp³-hybridized carbons (Fsp3) is 0.176. The molecule has 3 rings (SSSR count). The van der Waals surface area contributed by atoms with E-state index in [1.54, 1.807) is 0 Å². The van der Waals surface area contributed by atoms with E-state index in [4.69, 9.17) is 0 Å². The summed E-state index contributed by atoms with van der Waals surface area (Å²) in [5.41, 5.74) is 1.97. The number of nitro groups is 1. The van der Waals surface area contributed by atoms with Crippen molar-refractivity contribution in [3.05, 3.63) is 76.7 Å². The van der Waals surface area contributed by atoms with Crippen molar-refractivity contribution in [2.24, 2.45) is 0 Å². The maximum absolute atomic E-state index is 12.1. The van der Waals surface area contributed by atoms with Crippen LogP contribution in [0.5, 0.6) is 0 Å². The minimum atomic E-state index is -0.593. The molecule has 25 heavy (non-hydrogen) atoms. The zero-order chi connectivity index (χ0) is 17.8. The van der Waals surface area contributed by atoms with Crippen LogP contribution in [-0.2, 0) is 11.3 Å². The largest absolute Gasteiger partial charge is 0.389 e. The zero-order valence-electron chi connectivity index (χ0n) is 13.6. The van der Waals surface area contributed by atoms with Gasteiger partial charge in [0.15, 0.2) is 0 Å². The molecule has 1 unspecified atom stereocenters. The highest BCUT2D eigenvalue weighted by Crippen LogP contribution is 2.17. The van der Waals surface area contributed by atoms with Crippen molar-refractivity contribution in [1.29, 1.82) is 0 Å². The van der Waals surface area contributed by atoms with E-state index in [2.05, 4.69) is 10.4 Å². The number of carbonyl (C=O) groups excluding carboxylic acids is 1. The van der Waals surface area contributed by atoms with Crippen LogP contribution in [-0.4, -0.2) is 25.2 Å². The summed E-state index contributed by atoms with van der Waals surface area (Å²) in [6.45, 7) is 1.81. The van der Waals surface area contributed by atoms with E-state index in [0.717, 1.165) is 11.3 Å². The second kappa shape index (κ2) is 7.00. The number of carbonyl (C=O) groups is 1. The van der Waals surface area contributed by atoms with Crippen LogP contribution in [0, 0.1) is 10.1 Å². The predicted octanol–water partition coefficient (Wildman–Crippen LogP) is 2.46. The van der Waals surface area contributed by atoms with Crippen molar-refractivity contribution in [1.82, 2.24) is 19.7 Å². The number of nitrogens with zero attached hydrogens (tertiary/aromatic N) is 4. The second-order valence-corrected chi connectivity index (χ2v) is 5.60. The Morgan fingerprint density at radius 1 is 1.24 bits per heavy atom. The minimum absolute atomic E-state index is 0.0739. The Morgan fingerprint density at radius 3 is 2.68 bits per heavy atom. The highest BCUT2D eigenvalue weighted by molar-refractivity contribution is 5.76. The maximum Gasteiger partial charge on any atom is 0.389 e. The number of aromatic nitrogens is 3. The van der Waals surface area contributed by atoms with E-state index in [-0.39, 0.29) is 24.3 Å². The third kappa shape index (κ3) is 3.92. The first-order valence-electron chi connectivity index (χ1n) is 7.73. The van der Waals surface area contributed by atoms with Crippen LogP contribution in [0.4, 0.5) is 5.82 Å². The third-order valence-corrected chi connectivity index (χ3v) is 3.77. The fourth-order valence-corrected chi connectivity index (χ4v) is 2.52. The smallest absolute Gasteiger partial charge is 0.358 e. The van der Waals surface area contributed by atoms with Crippen LogP contribution in [0.3, 0.4) is 0 Å². The Kier molecular flexibility index (Phi) is 4.60. The summed E-state index contributed by atoms with van der Waals surface area (Å²) in [4.78, 5) is 22.2. The van der Waals surface area contributed by atoms with Crippen molar-refractivity contribution >= 4 is 11.7 Å². The van der Waals surface area contributed by atoms with E-state index in [9.17, 15) is 14.9 Å². The number of amides is 1. The molecular formula is C17H17N5O3. The molecule has 0 saturated heterocycles. The zero-order valence-corrected chi connectivity index (χ0v) is 13.6. The van der Waals surface area contributed by atoms with E-state index in [1.165, 1.54) is 16.9 Å². The molecule has 0 aliphatic heterocycles. The van der Waals surface area contributed by atoms with Crippen LogP contribution in [0.25, 0.3) is 5.69 Å². The average Bonchev–Trinajstić information content (AvgIpc) is 3.26. The summed E-state index contributed by atoms with van der Waals surface area (Å²) in [5.74, 6) is -0.544. The molecule has 1 N–H and O–H groups in total. The molecule has 2 aromatic heterocycles. The molecular weight excluding hydrogens is 322 g/mol. The average molecular weight is 339 g/mol. The van der Waals surface area contributed by atoms with Crippen molar-refractivity contribution in [2.45, 2.75) is 19.5 Å². The van der Waals surface area contributed by atoms with Gasteiger partial charge in [-0.05, 0) is 41.7 Å². The Labute approximate surface area is 143 Å². The topological polar surface area (TPSA) is 95.0 Å². The van der Waals surface area contributed by atoms with Crippen molar-refractivity contribution < 1.29 is 9.72 Å². The number of hydrogen-bond acceptors (Lipinski definition) is 4. The molecule has 8 heteroatoms. The number of hydrogen-bond donors (Lipinski definition) is 1.